The maximum absolute atomic E-state index is 14.5. The molecule has 2 fully saturated rings. The monoisotopic (exact) mass is 382 g/mol. The van der Waals surface area contributed by atoms with E-state index in [0.717, 1.165) is 36.6 Å². The van der Waals surface area contributed by atoms with Crippen molar-refractivity contribution in [1.29, 1.82) is 0 Å². The van der Waals surface area contributed by atoms with Gasteiger partial charge < -0.3 is 4.74 Å². The topological polar surface area (TPSA) is 49.9 Å². The van der Waals surface area contributed by atoms with Crippen molar-refractivity contribution in [2.24, 2.45) is 0 Å². The van der Waals surface area contributed by atoms with Gasteiger partial charge in [-0.25, -0.2) is 9.29 Å². The summed E-state index contributed by atoms with van der Waals surface area (Å²) < 4.78 is 20.4. The van der Waals surface area contributed by atoms with Crippen LogP contribution in [0.1, 0.15) is 46.5 Å². The molecule has 26 heavy (non-hydrogen) atoms. The average molecular weight is 383 g/mol. The quantitative estimate of drug-likeness (QED) is 0.746. The third kappa shape index (κ3) is 3.86. The number of benzene rings is 1. The summed E-state index contributed by atoms with van der Waals surface area (Å²) in [4.78, 5) is 27.8. The molecule has 5 nitrogen and oxygen atoms in total. The van der Waals surface area contributed by atoms with Gasteiger partial charge in [-0.05, 0) is 52.5 Å². The highest BCUT2D eigenvalue weighted by atomic mass is 35.5. The summed E-state index contributed by atoms with van der Waals surface area (Å²) in [6.07, 6.45) is 4.05. The molecule has 0 unspecified atom stereocenters. The smallest absolute Gasteiger partial charge is 0.248 e. The molecule has 1 aromatic carbocycles. The van der Waals surface area contributed by atoms with Crippen LogP contribution in [0.3, 0.4) is 0 Å². The van der Waals surface area contributed by atoms with Crippen molar-refractivity contribution >= 4 is 29.1 Å². The number of hydrogen-bond acceptors (Lipinski definition) is 4. The van der Waals surface area contributed by atoms with Crippen molar-refractivity contribution in [3.8, 4) is 5.75 Å². The van der Waals surface area contributed by atoms with E-state index in [9.17, 15) is 14.0 Å². The Labute approximate surface area is 158 Å². The van der Waals surface area contributed by atoms with E-state index in [2.05, 4.69) is 0 Å². The van der Waals surface area contributed by atoms with Crippen LogP contribution in [0.2, 0.25) is 5.02 Å². The lowest BCUT2D eigenvalue weighted by Gasteiger charge is -2.40. The lowest BCUT2D eigenvalue weighted by molar-refractivity contribution is -0.134. The van der Waals surface area contributed by atoms with E-state index in [4.69, 9.17) is 16.3 Å². The third-order valence-corrected chi connectivity index (χ3v) is 5.23. The second-order valence-electron chi connectivity index (χ2n) is 7.91. The van der Waals surface area contributed by atoms with Gasteiger partial charge in [-0.3, -0.25) is 14.5 Å². The van der Waals surface area contributed by atoms with E-state index in [1.54, 1.807) is 4.90 Å². The van der Waals surface area contributed by atoms with Gasteiger partial charge in [0.2, 0.25) is 11.8 Å². The first kappa shape index (κ1) is 19.1. The average Bonchev–Trinajstić information content (AvgIpc) is 3.03. The lowest BCUT2D eigenvalue weighted by atomic mass is 10.0. The first-order valence-electron chi connectivity index (χ1n) is 8.93. The largest absolute Gasteiger partial charge is 0.489 e. The Balaban J connectivity index is 1.88. The van der Waals surface area contributed by atoms with Crippen LogP contribution in [0.4, 0.5) is 10.1 Å². The molecule has 1 heterocycles. The zero-order chi connectivity index (χ0) is 19.1. The Bertz CT molecular complexity index is 708. The Morgan fingerprint density at radius 1 is 1.12 bits per heavy atom. The number of rotatable bonds is 3. The molecule has 3 rings (SSSR count). The zero-order valence-electron chi connectivity index (χ0n) is 15.3. The fourth-order valence-corrected chi connectivity index (χ4v) is 3.57. The van der Waals surface area contributed by atoms with Gasteiger partial charge in [0.15, 0.2) is 0 Å². The van der Waals surface area contributed by atoms with Crippen LogP contribution in [0.5, 0.6) is 5.75 Å². The van der Waals surface area contributed by atoms with Gasteiger partial charge in [0, 0.05) is 11.6 Å². The van der Waals surface area contributed by atoms with Crippen molar-refractivity contribution in [3.05, 3.63) is 23.0 Å². The standard InChI is InChI=1S/C19H24ClFN2O3/c1-19(2,3)22-10-17(24)23(18(25)11-22)15-9-16(13(20)8-14(15)21)26-12-6-4-5-7-12/h8-9,12H,4-7,10-11H2,1-3H3. The summed E-state index contributed by atoms with van der Waals surface area (Å²) in [5, 5.41) is 0.145. The van der Waals surface area contributed by atoms with Gasteiger partial charge in [-0.15, -0.1) is 0 Å². The summed E-state index contributed by atoms with van der Waals surface area (Å²) in [5.74, 6) is -1.30. The van der Waals surface area contributed by atoms with E-state index in [1.807, 2.05) is 20.8 Å². The third-order valence-electron chi connectivity index (χ3n) is 4.94. The molecular formula is C19H24ClFN2O3. The van der Waals surface area contributed by atoms with Crippen LogP contribution in [0.25, 0.3) is 0 Å². The molecule has 0 atom stereocenters. The highest BCUT2D eigenvalue weighted by Crippen LogP contribution is 2.36. The minimum Gasteiger partial charge on any atom is -0.489 e. The molecule has 1 aliphatic heterocycles. The van der Waals surface area contributed by atoms with Crippen LogP contribution in [0.15, 0.2) is 12.1 Å². The number of nitrogens with zero attached hydrogens (tertiary/aromatic N) is 2. The summed E-state index contributed by atoms with van der Waals surface area (Å²) in [6, 6.07) is 2.48. The van der Waals surface area contributed by atoms with Crippen LogP contribution in [-0.2, 0) is 9.59 Å². The van der Waals surface area contributed by atoms with Gasteiger partial charge in [0.25, 0.3) is 0 Å². The van der Waals surface area contributed by atoms with Crippen LogP contribution >= 0.6 is 11.6 Å². The SMILES string of the molecule is CC(C)(C)N1CC(=O)N(c2cc(OC3CCCC3)c(Cl)cc2F)C(=O)C1. The zero-order valence-corrected chi connectivity index (χ0v) is 16.1. The van der Waals surface area contributed by atoms with E-state index < -0.39 is 17.6 Å². The van der Waals surface area contributed by atoms with Gasteiger partial charge >= 0.3 is 0 Å². The van der Waals surface area contributed by atoms with Gasteiger partial charge in [0.1, 0.15) is 11.6 Å². The highest BCUT2D eigenvalue weighted by molar-refractivity contribution is 6.32. The van der Waals surface area contributed by atoms with Gasteiger partial charge in [-0.1, -0.05) is 11.6 Å². The number of ether oxygens (including phenoxy) is 1. The molecule has 0 aromatic heterocycles. The van der Waals surface area contributed by atoms with E-state index in [-0.39, 0.29) is 35.4 Å². The molecule has 0 radical (unpaired) electrons. The number of halogens is 2. The Hall–Kier alpha value is -1.66. The number of hydrogen-bond donors (Lipinski definition) is 0. The number of imide groups is 1. The molecule has 2 aliphatic rings. The highest BCUT2D eigenvalue weighted by Gasteiger charge is 2.38. The fraction of sp³-hybridized carbons (Fsp3) is 0.579. The maximum atomic E-state index is 14.5. The number of carbonyl (C=O) groups is 2. The second-order valence-corrected chi connectivity index (χ2v) is 8.32. The van der Waals surface area contributed by atoms with Crippen molar-refractivity contribution in [1.82, 2.24) is 4.90 Å². The molecule has 1 aliphatic carbocycles. The Morgan fingerprint density at radius 2 is 1.69 bits per heavy atom. The van der Waals surface area contributed by atoms with Gasteiger partial charge in [0.05, 0.1) is 29.9 Å². The molecular weight excluding hydrogens is 359 g/mol. The van der Waals surface area contributed by atoms with Crippen molar-refractivity contribution in [2.45, 2.75) is 58.1 Å². The lowest BCUT2D eigenvalue weighted by Crippen LogP contribution is -2.59. The summed E-state index contributed by atoms with van der Waals surface area (Å²) in [6.45, 7) is 5.89. The molecule has 142 valence electrons. The minimum atomic E-state index is -0.709. The molecule has 0 N–H and O–H groups in total. The first-order chi connectivity index (χ1) is 12.2. The van der Waals surface area contributed by atoms with Crippen LogP contribution in [0, 0.1) is 5.82 Å². The molecule has 1 aromatic rings. The molecule has 0 bridgehead atoms. The first-order valence-corrected chi connectivity index (χ1v) is 9.31. The van der Waals surface area contributed by atoms with E-state index in [0.29, 0.717) is 5.75 Å². The van der Waals surface area contributed by atoms with E-state index >= 15 is 0 Å². The second kappa shape index (κ2) is 7.16. The predicted octanol–water partition coefficient (Wildman–Crippen LogP) is 3.77. The molecule has 1 saturated heterocycles. The summed E-state index contributed by atoms with van der Waals surface area (Å²) >= 11 is 6.11. The summed E-state index contributed by atoms with van der Waals surface area (Å²) in [7, 11) is 0. The number of carbonyl (C=O) groups excluding carboxylic acids is 2. The van der Waals surface area contributed by atoms with Crippen LogP contribution < -0.4 is 9.64 Å². The van der Waals surface area contributed by atoms with Crippen LogP contribution in [-0.4, -0.2) is 41.4 Å². The van der Waals surface area contributed by atoms with E-state index in [1.165, 1.54) is 6.07 Å². The van der Waals surface area contributed by atoms with Crippen molar-refractivity contribution < 1.29 is 18.7 Å². The fourth-order valence-electron chi connectivity index (χ4n) is 3.37. The van der Waals surface area contributed by atoms with Gasteiger partial charge in [-0.2, -0.15) is 0 Å². The molecule has 2 amide bonds. The Morgan fingerprint density at radius 3 is 2.23 bits per heavy atom. The normalized spacial score (nSPS) is 20.1. The number of piperazine rings is 1. The maximum Gasteiger partial charge on any atom is 0.248 e. The van der Waals surface area contributed by atoms with Crippen molar-refractivity contribution in [3.63, 3.8) is 0 Å². The number of anilines is 1. The number of amides is 2. The summed E-state index contributed by atoms with van der Waals surface area (Å²) in [5.41, 5.74) is -0.418. The van der Waals surface area contributed by atoms with Crippen molar-refractivity contribution in [2.75, 3.05) is 18.0 Å². The minimum absolute atomic E-state index is 0.0370. The predicted molar refractivity (Wildman–Crippen MR) is 98.1 cm³/mol. The Kier molecular flexibility index (Phi) is 5.26. The molecule has 0 spiro atoms. The molecule has 1 saturated carbocycles. The molecule has 7 heteroatoms.